The van der Waals surface area contributed by atoms with Crippen LogP contribution in [-0.4, -0.2) is 17.2 Å². The first-order valence-electron chi connectivity index (χ1n) is 4.57. The molecule has 0 amide bonds. The van der Waals surface area contributed by atoms with Gasteiger partial charge in [-0.05, 0) is 16.8 Å². The van der Waals surface area contributed by atoms with Crippen molar-refractivity contribution in [3.05, 3.63) is 42.0 Å². The van der Waals surface area contributed by atoms with Crippen LogP contribution in [0.1, 0.15) is 10.4 Å². The Balaban J connectivity index is 2.89. The summed E-state index contributed by atoms with van der Waals surface area (Å²) < 4.78 is 0. The van der Waals surface area contributed by atoms with Gasteiger partial charge >= 0.3 is 5.97 Å². The van der Waals surface area contributed by atoms with Gasteiger partial charge in [-0.3, -0.25) is 0 Å². The van der Waals surface area contributed by atoms with Crippen LogP contribution in [0.2, 0.25) is 0 Å². The molecule has 0 saturated carbocycles. The van der Waals surface area contributed by atoms with Crippen molar-refractivity contribution in [3.63, 3.8) is 0 Å². The van der Waals surface area contributed by atoms with Crippen molar-refractivity contribution in [3.8, 4) is 0 Å². The van der Waals surface area contributed by atoms with E-state index in [2.05, 4.69) is 4.99 Å². The number of nitrogens with zero attached hydrogens (tertiary/aromatic N) is 1. The van der Waals surface area contributed by atoms with Gasteiger partial charge in [-0.15, -0.1) is 0 Å². The Morgan fingerprint density at radius 2 is 1.94 bits per heavy atom. The smallest absolute Gasteiger partial charge is 0.338 e. The zero-order chi connectivity index (χ0) is 11.5. The Labute approximate surface area is 90.9 Å². The fourth-order valence-corrected chi connectivity index (χ4v) is 1.63. The molecular formula is C12H7NO3. The molecule has 78 valence electrons. The van der Waals surface area contributed by atoms with E-state index in [1.807, 2.05) is 6.07 Å². The maximum atomic E-state index is 11.1. The number of benzene rings is 2. The molecule has 0 aliphatic carbocycles. The summed E-state index contributed by atoms with van der Waals surface area (Å²) in [6.45, 7) is 0. The lowest BCUT2D eigenvalue weighted by molar-refractivity contribution is 0.0700. The van der Waals surface area contributed by atoms with Gasteiger partial charge in [-0.25, -0.2) is 9.59 Å². The molecule has 0 bridgehead atoms. The highest BCUT2D eigenvalue weighted by molar-refractivity contribution is 6.08. The molecule has 0 aromatic heterocycles. The van der Waals surface area contributed by atoms with Gasteiger partial charge in [0, 0.05) is 0 Å². The third-order valence-electron chi connectivity index (χ3n) is 2.29. The van der Waals surface area contributed by atoms with Gasteiger partial charge < -0.3 is 5.11 Å². The fraction of sp³-hybridized carbons (Fsp3) is 0. The minimum Gasteiger partial charge on any atom is -0.478 e. The summed E-state index contributed by atoms with van der Waals surface area (Å²) in [6, 6.07) is 10.3. The van der Waals surface area contributed by atoms with E-state index < -0.39 is 5.97 Å². The van der Waals surface area contributed by atoms with E-state index in [1.165, 1.54) is 12.1 Å². The van der Waals surface area contributed by atoms with Crippen molar-refractivity contribution in [2.75, 3.05) is 0 Å². The second-order valence-corrected chi connectivity index (χ2v) is 3.19. The number of hydrogen-bond acceptors (Lipinski definition) is 3. The first-order valence-corrected chi connectivity index (χ1v) is 4.57. The quantitative estimate of drug-likeness (QED) is 0.615. The van der Waals surface area contributed by atoms with Crippen molar-refractivity contribution < 1.29 is 14.7 Å². The van der Waals surface area contributed by atoms with E-state index in [1.54, 1.807) is 24.3 Å². The number of aromatic carboxylic acids is 1. The van der Waals surface area contributed by atoms with Gasteiger partial charge in [-0.2, -0.15) is 4.99 Å². The Morgan fingerprint density at radius 3 is 2.62 bits per heavy atom. The number of carbonyl (C=O) groups is 1. The van der Waals surface area contributed by atoms with E-state index in [4.69, 9.17) is 5.11 Å². The van der Waals surface area contributed by atoms with E-state index in [-0.39, 0.29) is 11.3 Å². The van der Waals surface area contributed by atoms with E-state index >= 15 is 0 Å². The van der Waals surface area contributed by atoms with E-state index in [0.29, 0.717) is 5.39 Å². The van der Waals surface area contributed by atoms with Gasteiger partial charge in [0.25, 0.3) is 0 Å². The molecule has 0 saturated heterocycles. The lowest BCUT2D eigenvalue weighted by Gasteiger charge is -2.04. The molecule has 0 unspecified atom stereocenters. The standard InChI is InChI=1S/C12H7NO3/c14-7-13-10-6-5-8-3-1-2-4-9(8)11(10)12(15)16/h1-6H,(H,15,16). The second-order valence-electron chi connectivity index (χ2n) is 3.19. The van der Waals surface area contributed by atoms with Crippen molar-refractivity contribution in [2.24, 2.45) is 4.99 Å². The van der Waals surface area contributed by atoms with Crippen LogP contribution in [0, 0.1) is 0 Å². The van der Waals surface area contributed by atoms with Crippen molar-refractivity contribution in [1.82, 2.24) is 0 Å². The molecular weight excluding hydrogens is 206 g/mol. The minimum atomic E-state index is -1.11. The number of isocyanates is 1. The molecule has 2 rings (SSSR count). The summed E-state index contributed by atoms with van der Waals surface area (Å²) in [5, 5.41) is 10.5. The number of carbonyl (C=O) groups excluding carboxylic acids is 1. The van der Waals surface area contributed by atoms with Crippen LogP contribution in [0.3, 0.4) is 0 Å². The zero-order valence-corrected chi connectivity index (χ0v) is 8.18. The molecule has 4 heteroatoms. The zero-order valence-electron chi connectivity index (χ0n) is 8.18. The second kappa shape index (κ2) is 3.96. The third kappa shape index (κ3) is 1.58. The minimum absolute atomic E-state index is 0.0291. The van der Waals surface area contributed by atoms with Gasteiger partial charge in [-0.1, -0.05) is 30.3 Å². The predicted octanol–water partition coefficient (Wildman–Crippen LogP) is 2.51. The first-order chi connectivity index (χ1) is 7.74. The van der Waals surface area contributed by atoms with Gasteiger partial charge in [0.15, 0.2) is 0 Å². The van der Waals surface area contributed by atoms with Crippen molar-refractivity contribution in [2.45, 2.75) is 0 Å². The molecule has 0 aliphatic rings. The normalized spacial score (nSPS) is 9.75. The Morgan fingerprint density at radius 1 is 1.19 bits per heavy atom. The van der Waals surface area contributed by atoms with Crippen molar-refractivity contribution in [1.29, 1.82) is 0 Å². The lowest BCUT2D eigenvalue weighted by Crippen LogP contribution is -1.98. The third-order valence-corrected chi connectivity index (χ3v) is 2.29. The number of rotatable bonds is 2. The van der Waals surface area contributed by atoms with Gasteiger partial charge in [0.1, 0.15) is 0 Å². The summed E-state index contributed by atoms with van der Waals surface area (Å²) in [4.78, 5) is 24.7. The van der Waals surface area contributed by atoms with Crippen LogP contribution in [0.25, 0.3) is 10.8 Å². The summed E-state index contributed by atoms with van der Waals surface area (Å²) in [6.07, 6.45) is 1.36. The highest BCUT2D eigenvalue weighted by Crippen LogP contribution is 2.27. The highest BCUT2D eigenvalue weighted by Gasteiger charge is 2.13. The van der Waals surface area contributed by atoms with Crippen LogP contribution < -0.4 is 0 Å². The Hall–Kier alpha value is -2.45. The van der Waals surface area contributed by atoms with Crippen LogP contribution in [0.5, 0.6) is 0 Å². The molecule has 0 heterocycles. The summed E-state index contributed by atoms with van der Waals surface area (Å²) in [7, 11) is 0. The molecule has 0 fully saturated rings. The number of hydrogen-bond donors (Lipinski definition) is 1. The van der Waals surface area contributed by atoms with Crippen LogP contribution in [0.4, 0.5) is 5.69 Å². The average Bonchev–Trinajstić information content (AvgIpc) is 2.28. The topological polar surface area (TPSA) is 66.7 Å². The molecule has 2 aromatic rings. The summed E-state index contributed by atoms with van der Waals surface area (Å²) in [5.41, 5.74) is 0.155. The molecule has 1 N–H and O–H groups in total. The van der Waals surface area contributed by atoms with Gasteiger partial charge in [0.2, 0.25) is 6.08 Å². The number of fused-ring (bicyclic) bond motifs is 1. The highest BCUT2D eigenvalue weighted by atomic mass is 16.4. The molecule has 0 spiro atoms. The number of carboxylic acids is 1. The van der Waals surface area contributed by atoms with E-state index in [0.717, 1.165) is 5.39 Å². The molecule has 0 radical (unpaired) electrons. The molecule has 0 atom stereocenters. The Kier molecular flexibility index (Phi) is 2.50. The molecule has 4 nitrogen and oxygen atoms in total. The SMILES string of the molecule is O=C=Nc1ccc2ccccc2c1C(=O)O. The summed E-state index contributed by atoms with van der Waals surface area (Å²) >= 11 is 0. The molecule has 0 aliphatic heterocycles. The lowest BCUT2D eigenvalue weighted by atomic mass is 10.0. The maximum Gasteiger partial charge on any atom is 0.338 e. The molecule has 2 aromatic carbocycles. The fourth-order valence-electron chi connectivity index (χ4n) is 1.63. The van der Waals surface area contributed by atoms with Crippen LogP contribution in [-0.2, 0) is 4.79 Å². The van der Waals surface area contributed by atoms with Gasteiger partial charge in [0.05, 0.1) is 11.3 Å². The van der Waals surface area contributed by atoms with Crippen LogP contribution in [0.15, 0.2) is 41.4 Å². The first kappa shape index (κ1) is 10.1. The monoisotopic (exact) mass is 213 g/mol. The molecule has 16 heavy (non-hydrogen) atoms. The Bertz CT molecular complexity index is 613. The number of carboxylic acid groups (broad SMARTS) is 1. The predicted molar refractivity (Wildman–Crippen MR) is 58.7 cm³/mol. The largest absolute Gasteiger partial charge is 0.478 e. The maximum absolute atomic E-state index is 11.1. The summed E-state index contributed by atoms with van der Waals surface area (Å²) in [5.74, 6) is -1.11. The van der Waals surface area contributed by atoms with E-state index in [9.17, 15) is 9.59 Å². The van der Waals surface area contributed by atoms with Crippen LogP contribution >= 0.6 is 0 Å². The number of aliphatic imine (C=N–C) groups is 1. The average molecular weight is 213 g/mol. The van der Waals surface area contributed by atoms with Crippen molar-refractivity contribution >= 4 is 28.5 Å².